The fourth-order valence-corrected chi connectivity index (χ4v) is 4.14. The second-order valence-corrected chi connectivity index (χ2v) is 9.49. The van der Waals surface area contributed by atoms with Gasteiger partial charge in [-0.25, -0.2) is 17.7 Å². The van der Waals surface area contributed by atoms with Gasteiger partial charge in [-0.1, -0.05) is 12.1 Å². The molecule has 2 heterocycles. The second-order valence-electron chi connectivity index (χ2n) is 7.33. The third kappa shape index (κ3) is 5.83. The van der Waals surface area contributed by atoms with Crippen molar-refractivity contribution in [1.29, 1.82) is 0 Å². The van der Waals surface area contributed by atoms with Crippen LogP contribution in [0.25, 0.3) is 11.1 Å². The SMILES string of the molecule is CC(C)N1CCN(c2ccc(-c3ccc(S(=O)(=O)N(C)C)cc3)cn2)CC1.Cl.Cl. The van der Waals surface area contributed by atoms with Gasteiger partial charge in [0.2, 0.25) is 10.0 Å². The summed E-state index contributed by atoms with van der Waals surface area (Å²) in [4.78, 5) is 9.72. The highest BCUT2D eigenvalue weighted by Crippen LogP contribution is 2.24. The van der Waals surface area contributed by atoms with Crippen LogP contribution in [0.5, 0.6) is 0 Å². The molecule has 29 heavy (non-hydrogen) atoms. The Morgan fingerprint density at radius 1 is 0.897 bits per heavy atom. The molecule has 1 aromatic heterocycles. The minimum Gasteiger partial charge on any atom is -0.354 e. The average molecular weight is 461 g/mol. The molecular formula is C20H30Cl2N4O2S. The molecule has 2 aromatic rings. The Balaban J connectivity index is 0.00000210. The lowest BCUT2D eigenvalue weighted by Gasteiger charge is -2.37. The molecule has 6 nitrogen and oxygen atoms in total. The molecule has 0 amide bonds. The number of piperazine rings is 1. The normalized spacial score (nSPS) is 15.2. The Hall–Kier alpha value is -1.38. The number of aromatic nitrogens is 1. The van der Waals surface area contributed by atoms with E-state index in [1.165, 1.54) is 18.4 Å². The first-order valence-corrected chi connectivity index (χ1v) is 10.7. The molecule has 0 atom stereocenters. The van der Waals surface area contributed by atoms with Crippen molar-refractivity contribution in [3.63, 3.8) is 0 Å². The van der Waals surface area contributed by atoms with Crippen LogP contribution in [0.15, 0.2) is 47.5 Å². The molecule has 0 spiro atoms. The average Bonchev–Trinajstić information content (AvgIpc) is 2.68. The smallest absolute Gasteiger partial charge is 0.242 e. The molecule has 0 bridgehead atoms. The summed E-state index contributed by atoms with van der Waals surface area (Å²) in [5.74, 6) is 0.994. The number of pyridine rings is 1. The van der Waals surface area contributed by atoms with Crippen molar-refractivity contribution in [2.24, 2.45) is 0 Å². The molecule has 0 saturated carbocycles. The second kappa shape index (κ2) is 10.6. The zero-order chi connectivity index (χ0) is 19.6. The molecule has 0 aliphatic carbocycles. The van der Waals surface area contributed by atoms with Gasteiger partial charge in [0, 0.05) is 58.1 Å². The zero-order valence-electron chi connectivity index (χ0n) is 17.3. The minimum atomic E-state index is -3.40. The molecule has 0 radical (unpaired) electrons. The molecule has 1 saturated heterocycles. The van der Waals surface area contributed by atoms with E-state index < -0.39 is 10.0 Å². The summed E-state index contributed by atoms with van der Waals surface area (Å²) in [5.41, 5.74) is 1.93. The molecule has 1 aromatic carbocycles. The van der Waals surface area contributed by atoms with Crippen molar-refractivity contribution in [2.75, 3.05) is 45.2 Å². The Bertz CT molecular complexity index is 864. The molecule has 1 aliphatic rings. The van der Waals surface area contributed by atoms with Crippen molar-refractivity contribution < 1.29 is 8.42 Å². The van der Waals surface area contributed by atoms with Crippen molar-refractivity contribution in [3.05, 3.63) is 42.6 Å². The summed E-state index contributed by atoms with van der Waals surface area (Å²) < 4.78 is 25.6. The monoisotopic (exact) mass is 460 g/mol. The predicted octanol–water partition coefficient (Wildman–Crippen LogP) is 3.37. The van der Waals surface area contributed by atoms with E-state index in [0.717, 1.165) is 43.1 Å². The quantitative estimate of drug-likeness (QED) is 0.684. The van der Waals surface area contributed by atoms with Crippen molar-refractivity contribution in [3.8, 4) is 11.1 Å². The maximum atomic E-state index is 12.2. The van der Waals surface area contributed by atoms with Gasteiger partial charge in [0.25, 0.3) is 0 Å². The molecule has 3 rings (SSSR count). The molecule has 0 N–H and O–H groups in total. The van der Waals surface area contributed by atoms with Crippen molar-refractivity contribution >= 4 is 40.7 Å². The first-order chi connectivity index (χ1) is 12.8. The Kier molecular flexibility index (Phi) is 9.37. The minimum absolute atomic E-state index is 0. The van der Waals surface area contributed by atoms with E-state index >= 15 is 0 Å². The molecule has 0 unspecified atom stereocenters. The van der Waals surface area contributed by atoms with E-state index in [9.17, 15) is 8.42 Å². The first-order valence-electron chi connectivity index (χ1n) is 9.27. The van der Waals surface area contributed by atoms with Crippen LogP contribution in [0.1, 0.15) is 13.8 Å². The van der Waals surface area contributed by atoms with Crippen LogP contribution in [0, 0.1) is 0 Å². The van der Waals surface area contributed by atoms with Crippen molar-refractivity contribution in [1.82, 2.24) is 14.2 Å². The maximum absolute atomic E-state index is 12.2. The number of hydrogen-bond donors (Lipinski definition) is 0. The highest BCUT2D eigenvalue weighted by atomic mass is 35.5. The number of sulfonamides is 1. The Labute approximate surface area is 186 Å². The highest BCUT2D eigenvalue weighted by molar-refractivity contribution is 7.89. The lowest BCUT2D eigenvalue weighted by Crippen LogP contribution is -2.49. The van der Waals surface area contributed by atoms with E-state index in [2.05, 4.69) is 28.6 Å². The maximum Gasteiger partial charge on any atom is 0.242 e. The number of halogens is 2. The van der Waals surface area contributed by atoms with Gasteiger partial charge in [-0.3, -0.25) is 4.90 Å². The summed E-state index contributed by atoms with van der Waals surface area (Å²) in [6.45, 7) is 8.56. The van der Waals surface area contributed by atoms with Gasteiger partial charge in [-0.05, 0) is 43.7 Å². The molecule has 1 aliphatic heterocycles. The van der Waals surface area contributed by atoms with Gasteiger partial charge in [0.1, 0.15) is 5.82 Å². The van der Waals surface area contributed by atoms with Crippen LogP contribution in [-0.4, -0.2) is 68.9 Å². The van der Waals surface area contributed by atoms with Crippen LogP contribution < -0.4 is 4.90 Å². The topological polar surface area (TPSA) is 56.8 Å². The van der Waals surface area contributed by atoms with Crippen LogP contribution in [0.3, 0.4) is 0 Å². The van der Waals surface area contributed by atoms with Crippen molar-refractivity contribution in [2.45, 2.75) is 24.8 Å². The van der Waals surface area contributed by atoms with Gasteiger partial charge >= 0.3 is 0 Å². The number of nitrogens with zero attached hydrogens (tertiary/aromatic N) is 4. The summed E-state index contributed by atoms with van der Waals surface area (Å²) in [6.07, 6.45) is 1.86. The Morgan fingerprint density at radius 3 is 1.90 bits per heavy atom. The van der Waals surface area contributed by atoms with Gasteiger partial charge < -0.3 is 4.90 Å². The predicted molar refractivity (Wildman–Crippen MR) is 124 cm³/mol. The van der Waals surface area contributed by atoms with E-state index in [-0.39, 0.29) is 24.8 Å². The third-order valence-electron chi connectivity index (χ3n) is 5.08. The van der Waals surface area contributed by atoms with Gasteiger partial charge in [0.15, 0.2) is 0 Å². The number of hydrogen-bond acceptors (Lipinski definition) is 5. The first kappa shape index (κ1) is 25.7. The summed E-state index contributed by atoms with van der Waals surface area (Å²) in [5, 5.41) is 0. The van der Waals surface area contributed by atoms with Crippen LogP contribution in [0.4, 0.5) is 5.82 Å². The van der Waals surface area contributed by atoms with E-state index in [0.29, 0.717) is 10.9 Å². The van der Waals surface area contributed by atoms with E-state index in [1.54, 1.807) is 12.1 Å². The standard InChI is InChI=1S/C20H28N4O2S.2ClH/c1-16(2)23-11-13-24(14-12-23)20-10-7-18(15-21-20)17-5-8-19(9-6-17)27(25,26)22(3)4;;/h5-10,15-16H,11-14H2,1-4H3;2*1H. The van der Waals surface area contributed by atoms with E-state index in [4.69, 9.17) is 0 Å². The fourth-order valence-electron chi connectivity index (χ4n) is 3.24. The third-order valence-corrected chi connectivity index (χ3v) is 6.91. The molecular weight excluding hydrogens is 431 g/mol. The lowest BCUT2D eigenvalue weighted by atomic mass is 10.1. The number of benzene rings is 1. The largest absolute Gasteiger partial charge is 0.354 e. The molecule has 162 valence electrons. The zero-order valence-corrected chi connectivity index (χ0v) is 19.7. The lowest BCUT2D eigenvalue weighted by molar-refractivity contribution is 0.209. The highest BCUT2D eigenvalue weighted by Gasteiger charge is 2.20. The molecule has 9 heteroatoms. The summed E-state index contributed by atoms with van der Waals surface area (Å²) in [7, 11) is -0.332. The Morgan fingerprint density at radius 2 is 1.45 bits per heavy atom. The number of rotatable bonds is 5. The van der Waals surface area contributed by atoms with Crippen LogP contribution in [-0.2, 0) is 10.0 Å². The summed E-state index contributed by atoms with van der Waals surface area (Å²) >= 11 is 0. The fraction of sp³-hybridized carbons (Fsp3) is 0.450. The van der Waals surface area contributed by atoms with Gasteiger partial charge in [0.05, 0.1) is 4.90 Å². The van der Waals surface area contributed by atoms with Gasteiger partial charge in [-0.2, -0.15) is 0 Å². The molecule has 1 fully saturated rings. The number of anilines is 1. The summed E-state index contributed by atoms with van der Waals surface area (Å²) in [6, 6.07) is 11.6. The van der Waals surface area contributed by atoms with Crippen LogP contribution in [0.2, 0.25) is 0 Å². The van der Waals surface area contributed by atoms with Gasteiger partial charge in [-0.15, -0.1) is 24.8 Å². The van der Waals surface area contributed by atoms with Crippen LogP contribution >= 0.6 is 24.8 Å². The van der Waals surface area contributed by atoms with E-state index in [1.807, 2.05) is 30.5 Å².